The van der Waals surface area contributed by atoms with E-state index in [0.717, 1.165) is 10.4 Å². The molecule has 0 radical (unpaired) electrons. The first-order valence-electron chi connectivity index (χ1n) is 7.05. The van der Waals surface area contributed by atoms with Crippen LogP contribution in [-0.4, -0.2) is 38.2 Å². The number of aliphatic carboxylic acids is 2. The van der Waals surface area contributed by atoms with Gasteiger partial charge in [-0.25, -0.2) is 14.8 Å². The molecule has 0 saturated carbocycles. The standard InChI is InChI=1S/C16H13N3O4S/c20-13(21)7-11(16(22)23)19-14-10-6-12(9-4-2-1-3-5-9)24-15(10)18-8-17-14/h1-6,8,11H,7H2,(H,20,21)(H,22,23)(H,17,18,19). The summed E-state index contributed by atoms with van der Waals surface area (Å²) in [6.07, 6.45) is 0.784. The number of thiophene rings is 1. The molecule has 1 atom stereocenters. The minimum atomic E-state index is -1.26. The summed E-state index contributed by atoms with van der Waals surface area (Å²) < 4.78 is 0. The molecule has 24 heavy (non-hydrogen) atoms. The maximum Gasteiger partial charge on any atom is 0.326 e. The molecule has 0 spiro atoms. The molecule has 3 N–H and O–H groups in total. The van der Waals surface area contributed by atoms with E-state index < -0.39 is 24.4 Å². The van der Waals surface area contributed by atoms with Gasteiger partial charge >= 0.3 is 11.9 Å². The quantitative estimate of drug-likeness (QED) is 0.630. The minimum absolute atomic E-state index is 0.312. The van der Waals surface area contributed by atoms with E-state index in [4.69, 9.17) is 5.11 Å². The molecule has 122 valence electrons. The Bertz CT molecular complexity index is 895. The van der Waals surface area contributed by atoms with Crippen molar-refractivity contribution in [3.63, 3.8) is 0 Å². The Morgan fingerprint density at radius 3 is 2.58 bits per heavy atom. The van der Waals surface area contributed by atoms with Gasteiger partial charge < -0.3 is 15.5 Å². The second-order valence-corrected chi connectivity index (χ2v) is 6.08. The summed E-state index contributed by atoms with van der Waals surface area (Å²) in [6.45, 7) is 0. The molecule has 0 aliphatic rings. The summed E-state index contributed by atoms with van der Waals surface area (Å²) >= 11 is 1.46. The molecule has 1 unspecified atom stereocenters. The molecule has 2 heterocycles. The number of fused-ring (bicyclic) bond motifs is 1. The number of carboxylic acid groups (broad SMARTS) is 2. The zero-order valence-corrected chi connectivity index (χ0v) is 13.2. The average molecular weight is 343 g/mol. The largest absolute Gasteiger partial charge is 0.481 e. The van der Waals surface area contributed by atoms with Crippen LogP contribution in [0, 0.1) is 0 Å². The van der Waals surface area contributed by atoms with Gasteiger partial charge in [-0.15, -0.1) is 11.3 Å². The van der Waals surface area contributed by atoms with Crippen molar-refractivity contribution in [2.45, 2.75) is 12.5 Å². The van der Waals surface area contributed by atoms with Crippen molar-refractivity contribution in [2.75, 3.05) is 5.32 Å². The first-order chi connectivity index (χ1) is 11.5. The smallest absolute Gasteiger partial charge is 0.326 e. The molecule has 8 heteroatoms. The molecular formula is C16H13N3O4S. The first kappa shape index (κ1) is 15.9. The fourth-order valence-electron chi connectivity index (χ4n) is 2.25. The zero-order valence-electron chi connectivity index (χ0n) is 12.3. The van der Waals surface area contributed by atoms with Gasteiger partial charge in [-0.1, -0.05) is 30.3 Å². The van der Waals surface area contributed by atoms with Crippen LogP contribution < -0.4 is 5.32 Å². The number of hydrogen-bond acceptors (Lipinski definition) is 6. The van der Waals surface area contributed by atoms with Gasteiger partial charge in [-0.2, -0.15) is 0 Å². The number of nitrogens with zero attached hydrogens (tertiary/aromatic N) is 2. The Hall–Kier alpha value is -3.00. The molecule has 0 saturated heterocycles. The molecule has 0 bridgehead atoms. The van der Waals surface area contributed by atoms with Crippen LogP contribution in [-0.2, 0) is 9.59 Å². The van der Waals surface area contributed by atoms with Crippen LogP contribution in [0.15, 0.2) is 42.7 Å². The third kappa shape index (κ3) is 3.33. The lowest BCUT2D eigenvalue weighted by molar-refractivity contribution is -0.144. The number of anilines is 1. The van der Waals surface area contributed by atoms with Crippen molar-refractivity contribution >= 4 is 39.3 Å². The molecule has 3 rings (SSSR count). The topological polar surface area (TPSA) is 112 Å². The van der Waals surface area contributed by atoms with E-state index in [9.17, 15) is 14.7 Å². The third-order valence-electron chi connectivity index (χ3n) is 3.38. The van der Waals surface area contributed by atoms with Crippen LogP contribution in [0.5, 0.6) is 0 Å². The highest BCUT2D eigenvalue weighted by Gasteiger charge is 2.22. The van der Waals surface area contributed by atoms with Gasteiger partial charge in [0.15, 0.2) is 0 Å². The van der Waals surface area contributed by atoms with Gasteiger partial charge in [0, 0.05) is 4.88 Å². The molecule has 0 aliphatic carbocycles. The second kappa shape index (κ2) is 6.63. The summed E-state index contributed by atoms with van der Waals surface area (Å²) in [5, 5.41) is 21.4. The SMILES string of the molecule is O=C(O)CC(Nc1ncnc2sc(-c3ccccc3)cc12)C(=O)O. The summed E-state index contributed by atoms with van der Waals surface area (Å²) in [6, 6.07) is 10.3. The van der Waals surface area contributed by atoms with Gasteiger partial charge in [0.1, 0.15) is 23.0 Å². The van der Waals surface area contributed by atoms with Crippen LogP contribution in [0.1, 0.15) is 6.42 Å². The van der Waals surface area contributed by atoms with Crippen molar-refractivity contribution in [3.05, 3.63) is 42.7 Å². The van der Waals surface area contributed by atoms with E-state index in [1.165, 1.54) is 17.7 Å². The van der Waals surface area contributed by atoms with E-state index in [1.807, 2.05) is 36.4 Å². The van der Waals surface area contributed by atoms with Gasteiger partial charge in [0.05, 0.1) is 11.8 Å². The predicted molar refractivity (Wildman–Crippen MR) is 90.2 cm³/mol. The van der Waals surface area contributed by atoms with Crippen molar-refractivity contribution < 1.29 is 19.8 Å². The Labute approximate surface area is 140 Å². The lowest BCUT2D eigenvalue weighted by Gasteiger charge is -2.13. The Morgan fingerprint density at radius 2 is 1.92 bits per heavy atom. The van der Waals surface area contributed by atoms with Crippen molar-refractivity contribution in [1.29, 1.82) is 0 Å². The van der Waals surface area contributed by atoms with E-state index in [-0.39, 0.29) is 0 Å². The summed E-state index contributed by atoms with van der Waals surface area (Å²) in [4.78, 5) is 32.0. The maximum absolute atomic E-state index is 11.2. The predicted octanol–water partition coefficient (Wildman–Crippen LogP) is 2.70. The molecule has 7 nitrogen and oxygen atoms in total. The van der Waals surface area contributed by atoms with E-state index >= 15 is 0 Å². The van der Waals surface area contributed by atoms with Crippen LogP contribution in [0.4, 0.5) is 5.82 Å². The highest BCUT2D eigenvalue weighted by Crippen LogP contribution is 2.35. The van der Waals surface area contributed by atoms with Gasteiger partial charge in [-0.05, 0) is 11.6 Å². The van der Waals surface area contributed by atoms with Crippen LogP contribution in [0.2, 0.25) is 0 Å². The molecular weight excluding hydrogens is 330 g/mol. The second-order valence-electron chi connectivity index (χ2n) is 5.05. The average Bonchev–Trinajstić information content (AvgIpc) is 3.00. The molecule has 2 aromatic heterocycles. The normalized spacial score (nSPS) is 12.0. The van der Waals surface area contributed by atoms with Crippen LogP contribution >= 0.6 is 11.3 Å². The maximum atomic E-state index is 11.2. The van der Waals surface area contributed by atoms with Crippen molar-refractivity contribution in [2.24, 2.45) is 0 Å². The zero-order chi connectivity index (χ0) is 17.1. The Kier molecular flexibility index (Phi) is 4.39. The number of benzene rings is 1. The lowest BCUT2D eigenvalue weighted by Crippen LogP contribution is -2.32. The molecule has 0 aliphatic heterocycles. The lowest BCUT2D eigenvalue weighted by atomic mass is 10.1. The number of rotatable bonds is 6. The molecule has 1 aromatic carbocycles. The van der Waals surface area contributed by atoms with Crippen LogP contribution in [0.25, 0.3) is 20.7 Å². The van der Waals surface area contributed by atoms with Crippen molar-refractivity contribution in [3.8, 4) is 10.4 Å². The summed E-state index contributed by atoms with van der Waals surface area (Å²) in [7, 11) is 0. The highest BCUT2D eigenvalue weighted by molar-refractivity contribution is 7.21. The number of carbonyl (C=O) groups is 2. The van der Waals surface area contributed by atoms with E-state index in [1.54, 1.807) is 0 Å². The molecule has 3 aromatic rings. The van der Waals surface area contributed by atoms with E-state index in [0.29, 0.717) is 16.0 Å². The fourth-order valence-corrected chi connectivity index (χ4v) is 3.26. The number of hydrogen-bond donors (Lipinski definition) is 3. The van der Waals surface area contributed by atoms with E-state index in [2.05, 4.69) is 15.3 Å². The summed E-state index contributed by atoms with van der Waals surface area (Å²) in [5.74, 6) is -2.13. The molecule has 0 amide bonds. The minimum Gasteiger partial charge on any atom is -0.481 e. The van der Waals surface area contributed by atoms with Crippen LogP contribution in [0.3, 0.4) is 0 Å². The van der Waals surface area contributed by atoms with Gasteiger partial charge in [-0.3, -0.25) is 4.79 Å². The number of carboxylic acids is 2. The highest BCUT2D eigenvalue weighted by atomic mass is 32.1. The monoisotopic (exact) mass is 343 g/mol. The first-order valence-corrected chi connectivity index (χ1v) is 7.87. The van der Waals surface area contributed by atoms with Crippen molar-refractivity contribution in [1.82, 2.24) is 9.97 Å². The Balaban J connectivity index is 1.98. The Morgan fingerprint density at radius 1 is 1.17 bits per heavy atom. The molecule has 0 fully saturated rings. The van der Waals surface area contributed by atoms with Gasteiger partial charge in [0.2, 0.25) is 0 Å². The number of aromatic nitrogens is 2. The summed E-state index contributed by atoms with van der Waals surface area (Å²) in [5.41, 5.74) is 1.02. The fraction of sp³-hybridized carbons (Fsp3) is 0.125. The number of nitrogens with one attached hydrogen (secondary N) is 1. The van der Waals surface area contributed by atoms with Gasteiger partial charge in [0.25, 0.3) is 0 Å². The third-order valence-corrected chi connectivity index (χ3v) is 4.47.